The number of aldehydes is 1. The number of hydrogen-bond acceptors (Lipinski definition) is 4. The Kier molecular flexibility index (Phi) is 19.6. The molecule has 0 unspecified atom stereocenters. The van der Waals surface area contributed by atoms with E-state index in [4.69, 9.17) is 5.11 Å². The van der Waals surface area contributed by atoms with Gasteiger partial charge in [-0.2, -0.15) is 0 Å². The van der Waals surface area contributed by atoms with E-state index >= 15 is 0 Å². The summed E-state index contributed by atoms with van der Waals surface area (Å²) in [4.78, 5) is 43.9. The molecule has 0 aromatic rings. The molecule has 0 fully saturated rings. The van der Waals surface area contributed by atoms with Gasteiger partial charge >= 0.3 is 181 Å². The van der Waals surface area contributed by atoms with Gasteiger partial charge in [0.25, 0.3) is 0 Å². The molecule has 0 aromatic heterocycles. The molecule has 0 heterocycles. The van der Waals surface area contributed by atoms with E-state index in [9.17, 15) is 24.3 Å². The molecule has 0 saturated heterocycles. The minimum atomic E-state index is -0.945. The quantitative estimate of drug-likeness (QED) is 0.126. The van der Waals surface area contributed by atoms with Crippen LogP contribution in [0, 0.1) is 5.92 Å². The first-order valence-electron chi connectivity index (χ1n) is 11.5. The maximum atomic E-state index is 11.9. The van der Waals surface area contributed by atoms with Crippen molar-refractivity contribution in [2.45, 2.75) is 103 Å². The first-order valence-corrected chi connectivity index (χ1v) is 13.0. The van der Waals surface area contributed by atoms with Gasteiger partial charge < -0.3 is 5.11 Å². The number of rotatable bonds is 22. The van der Waals surface area contributed by atoms with Crippen molar-refractivity contribution in [3.8, 4) is 0 Å². The zero-order chi connectivity index (χ0) is 23.3. The average Bonchev–Trinajstić information content (AvgIpc) is 2.71. The van der Waals surface area contributed by atoms with Gasteiger partial charge in [-0.3, -0.25) is 4.79 Å². The molecule has 0 bridgehead atoms. The number of carboxylic acid groups (broad SMARTS) is 2. The van der Waals surface area contributed by atoms with Crippen LogP contribution in [0.4, 0.5) is 0 Å². The van der Waals surface area contributed by atoms with Crippen LogP contribution < -0.4 is 5.32 Å². The van der Waals surface area contributed by atoms with Gasteiger partial charge in [0, 0.05) is 6.42 Å². The van der Waals surface area contributed by atoms with Crippen LogP contribution in [0.15, 0.2) is 0 Å². The molecule has 1 atom stereocenters. The average molecular weight is 609 g/mol. The van der Waals surface area contributed by atoms with Gasteiger partial charge in [-0.25, -0.2) is 0 Å². The third kappa shape index (κ3) is 20.3. The third-order valence-electron chi connectivity index (χ3n) is 5.21. The Bertz CT molecular complexity index is 552. The van der Waals surface area contributed by atoms with Gasteiger partial charge in [-0.15, -0.1) is 0 Å². The summed E-state index contributed by atoms with van der Waals surface area (Å²) in [6, 6.07) is 0. The van der Waals surface area contributed by atoms with E-state index in [0.717, 1.165) is 44.8 Å². The Labute approximate surface area is 197 Å². The molecule has 0 aliphatic carbocycles. The Morgan fingerprint density at radius 1 is 0.806 bits per heavy atom. The summed E-state index contributed by atoms with van der Waals surface area (Å²) < 4.78 is 1.58. The van der Waals surface area contributed by atoms with E-state index in [1.807, 2.05) is 0 Å². The Morgan fingerprint density at radius 3 is 1.97 bits per heavy atom. The predicted octanol–water partition coefficient (Wildman–Crippen LogP) is 4.05. The molecule has 0 aromatic carbocycles. The van der Waals surface area contributed by atoms with Crippen LogP contribution in [-0.4, -0.2) is 44.8 Å². The van der Waals surface area contributed by atoms with E-state index in [1.165, 1.54) is 32.1 Å². The summed E-state index contributed by atoms with van der Waals surface area (Å²) in [7, 11) is 0. The van der Waals surface area contributed by atoms with Crippen molar-refractivity contribution in [3.63, 3.8) is 0 Å². The minimum absolute atomic E-state index is 0.0106. The van der Waals surface area contributed by atoms with Crippen LogP contribution in [0.25, 0.3) is 0 Å². The van der Waals surface area contributed by atoms with E-state index in [0.29, 0.717) is 19.3 Å². The maximum absolute atomic E-state index is 11.9. The zero-order valence-electron chi connectivity index (χ0n) is 18.6. The molecule has 7 nitrogen and oxygen atoms in total. The Morgan fingerprint density at radius 2 is 1.39 bits per heavy atom. The van der Waals surface area contributed by atoms with Crippen molar-refractivity contribution in [1.29, 1.82) is 0 Å². The molecule has 178 valence electrons. The number of aliphatic carboxylic acids is 2. The second-order valence-electron chi connectivity index (χ2n) is 8.05. The summed E-state index contributed by atoms with van der Waals surface area (Å²) in [5, 5.41) is 20.5. The van der Waals surface area contributed by atoms with Crippen molar-refractivity contribution >= 4 is 28.0 Å². The van der Waals surface area contributed by atoms with Crippen molar-refractivity contribution < 1.29 is 48.7 Å². The Hall–Kier alpha value is -1.36. The van der Waals surface area contributed by atoms with E-state index in [-0.39, 0.29) is 25.3 Å². The fraction of sp³-hybridized carbons (Fsp3) is 0.783. The first kappa shape index (κ1) is 29.6. The summed E-state index contributed by atoms with van der Waals surface area (Å²) in [6.07, 6.45) is 14.7. The van der Waals surface area contributed by atoms with Gasteiger partial charge in [-0.05, 0) is 0 Å². The molecule has 0 radical (unpaired) electrons. The van der Waals surface area contributed by atoms with Crippen LogP contribution in [0.5, 0.6) is 0 Å². The summed E-state index contributed by atoms with van der Waals surface area (Å²) in [6.45, 7) is 0.259. The molecule has 3 N–H and O–H groups in total. The summed E-state index contributed by atoms with van der Waals surface area (Å²) in [5.41, 5.74) is 0. The molecule has 0 rings (SSSR count). The number of hydrogen-bond donors (Lipinski definition) is 3. The van der Waals surface area contributed by atoms with Crippen molar-refractivity contribution in [3.05, 3.63) is 0 Å². The fourth-order valence-corrected chi connectivity index (χ4v) is 4.38. The van der Waals surface area contributed by atoms with Gasteiger partial charge in [0.1, 0.15) is 0 Å². The predicted molar refractivity (Wildman–Crippen MR) is 117 cm³/mol. The topological polar surface area (TPSA) is 121 Å². The molecule has 31 heavy (non-hydrogen) atoms. The molecule has 1 amide bonds. The van der Waals surface area contributed by atoms with Gasteiger partial charge in [0.2, 0.25) is 0 Å². The molecule has 0 saturated carbocycles. The number of carbonyl (C=O) groups is 4. The third-order valence-corrected chi connectivity index (χ3v) is 6.67. The van der Waals surface area contributed by atoms with Gasteiger partial charge in [0.05, 0.1) is 0 Å². The molecule has 0 aliphatic heterocycles. The summed E-state index contributed by atoms with van der Waals surface area (Å²) in [5.74, 6) is -2.86. The Balaban J connectivity index is 3.76. The number of unbranched alkanes of at least 4 members (excludes halogenated alkanes) is 8. The monoisotopic (exact) mass is 609 g/mol. The SMILES string of the molecule is O=CCCCCCCCC[C](=[W])CCCCC[C@H](CC(=O)NCCCC(=O)O)C(=O)O. The second-order valence-corrected chi connectivity index (χ2v) is 10.1. The van der Waals surface area contributed by atoms with Crippen LogP contribution in [0.3, 0.4) is 0 Å². The van der Waals surface area contributed by atoms with Gasteiger partial charge in [-0.1, -0.05) is 0 Å². The van der Waals surface area contributed by atoms with E-state index in [2.05, 4.69) is 5.32 Å². The molecule has 8 heteroatoms. The van der Waals surface area contributed by atoms with Gasteiger partial charge in [0.15, 0.2) is 0 Å². The summed E-state index contributed by atoms with van der Waals surface area (Å²) >= 11 is 1.55. The second kappa shape index (κ2) is 20.5. The fourth-order valence-electron chi connectivity index (χ4n) is 3.35. The first-order chi connectivity index (χ1) is 14.9. The number of amides is 1. The number of carbonyl (C=O) groups excluding carboxylic acids is 2. The number of nitrogens with one attached hydrogen (secondary N) is 1. The standard InChI is InChI=1S/C23H39NO6.W/c25-18-13-11-9-7-5-3-1-2-4-6-8-10-12-15-20(23(29)30)19-21(26)24-17-14-16-22(27)28;/h18,20H,1-3,5-17,19H2,(H,24,26)(H,27,28)(H,29,30);/t20-;/m1./s1. The van der Waals surface area contributed by atoms with Crippen molar-refractivity contribution in [2.24, 2.45) is 5.92 Å². The van der Waals surface area contributed by atoms with Crippen LogP contribution >= 0.6 is 0 Å². The van der Waals surface area contributed by atoms with Crippen molar-refractivity contribution in [2.75, 3.05) is 6.54 Å². The van der Waals surface area contributed by atoms with Crippen LogP contribution in [-0.2, 0) is 38.5 Å². The molecule has 0 spiro atoms. The van der Waals surface area contributed by atoms with Crippen LogP contribution in [0.2, 0.25) is 0 Å². The normalized spacial score (nSPS) is 11.6. The number of carboxylic acids is 2. The van der Waals surface area contributed by atoms with Crippen molar-refractivity contribution in [1.82, 2.24) is 5.32 Å². The molecule has 0 aliphatic rings. The van der Waals surface area contributed by atoms with E-state index in [1.54, 1.807) is 23.3 Å². The van der Waals surface area contributed by atoms with E-state index < -0.39 is 17.9 Å². The molecular formula is C23H39NO6W. The zero-order valence-corrected chi connectivity index (χ0v) is 21.5. The van der Waals surface area contributed by atoms with Crippen LogP contribution in [0.1, 0.15) is 103 Å². The molecular weight excluding hydrogens is 570 g/mol.